The lowest BCUT2D eigenvalue weighted by molar-refractivity contribution is -0.129. The molecule has 0 heterocycles. The van der Waals surface area contributed by atoms with E-state index in [1.165, 1.54) is 30.0 Å². The molecule has 0 saturated carbocycles. The van der Waals surface area contributed by atoms with Crippen LogP contribution in [0.3, 0.4) is 0 Å². The molecule has 0 saturated heterocycles. The lowest BCUT2D eigenvalue weighted by atomic mass is 10.2. The van der Waals surface area contributed by atoms with Crippen molar-refractivity contribution in [1.29, 1.82) is 0 Å². The zero-order chi connectivity index (χ0) is 16.7. The summed E-state index contributed by atoms with van der Waals surface area (Å²) in [4.78, 5) is 24.3. The highest BCUT2D eigenvalue weighted by atomic mass is 19.1. The molecule has 0 bridgehead atoms. The van der Waals surface area contributed by atoms with Crippen LogP contribution in [-0.2, 0) is 9.53 Å². The molecule has 0 aromatic heterocycles. The number of benzene rings is 1. The van der Waals surface area contributed by atoms with E-state index in [1.807, 2.05) is 0 Å². The second-order valence-corrected chi connectivity index (χ2v) is 4.95. The quantitative estimate of drug-likeness (QED) is 0.574. The molecule has 1 aromatic carbocycles. The number of hydrogen-bond donors (Lipinski definition) is 2. The summed E-state index contributed by atoms with van der Waals surface area (Å²) in [6, 6.07) is 5.47. The highest BCUT2D eigenvalue weighted by Crippen LogP contribution is 2.08. The summed E-state index contributed by atoms with van der Waals surface area (Å²) in [5.41, 5.74) is -0.174. The zero-order valence-electron chi connectivity index (χ0n) is 12.9. The number of nitrogens with zero attached hydrogens (tertiary/aromatic N) is 1. The molecule has 1 aromatic rings. The van der Waals surface area contributed by atoms with Crippen molar-refractivity contribution in [2.75, 3.05) is 20.2 Å². The fraction of sp³-hybridized carbons (Fsp3) is 0.467. The van der Waals surface area contributed by atoms with Crippen molar-refractivity contribution >= 4 is 11.9 Å². The number of rotatable bonds is 7. The molecule has 0 aliphatic heterocycles. The topological polar surface area (TPSA) is 78.9 Å². The molecule has 22 heavy (non-hydrogen) atoms. The third-order valence-electron chi connectivity index (χ3n) is 3.23. The standard InChI is InChI=1S/C15H21FN2O4/c1-10(18(3)11(2)19)17-8-12(20)9-22-15(21)13-6-4-5-7-14(13)16/h4-7,10,12,17,20H,8-9H2,1-3H3. The number of hydrogen-bond acceptors (Lipinski definition) is 5. The van der Waals surface area contributed by atoms with E-state index in [4.69, 9.17) is 4.74 Å². The Labute approximate surface area is 128 Å². The highest BCUT2D eigenvalue weighted by molar-refractivity contribution is 5.89. The normalized spacial score (nSPS) is 13.3. The van der Waals surface area contributed by atoms with E-state index in [0.29, 0.717) is 0 Å². The molecule has 2 N–H and O–H groups in total. The van der Waals surface area contributed by atoms with Gasteiger partial charge in [0.1, 0.15) is 18.5 Å². The van der Waals surface area contributed by atoms with Crippen LogP contribution >= 0.6 is 0 Å². The number of carbonyl (C=O) groups is 2. The van der Waals surface area contributed by atoms with Crippen LogP contribution in [0.15, 0.2) is 24.3 Å². The van der Waals surface area contributed by atoms with Crippen molar-refractivity contribution in [3.63, 3.8) is 0 Å². The predicted octanol–water partition coefficient (Wildman–Crippen LogP) is 0.757. The Morgan fingerprint density at radius 1 is 1.41 bits per heavy atom. The molecule has 6 nitrogen and oxygen atoms in total. The van der Waals surface area contributed by atoms with Gasteiger partial charge in [0.15, 0.2) is 0 Å². The van der Waals surface area contributed by atoms with Gasteiger partial charge >= 0.3 is 5.97 Å². The van der Waals surface area contributed by atoms with Crippen molar-refractivity contribution in [2.45, 2.75) is 26.1 Å². The molecule has 7 heteroatoms. The van der Waals surface area contributed by atoms with Crippen molar-refractivity contribution in [1.82, 2.24) is 10.2 Å². The van der Waals surface area contributed by atoms with E-state index in [1.54, 1.807) is 14.0 Å². The summed E-state index contributed by atoms with van der Waals surface area (Å²) in [6.07, 6.45) is -1.23. The van der Waals surface area contributed by atoms with Gasteiger partial charge in [-0.25, -0.2) is 9.18 Å². The van der Waals surface area contributed by atoms with Crippen LogP contribution in [0.2, 0.25) is 0 Å². The summed E-state index contributed by atoms with van der Waals surface area (Å²) >= 11 is 0. The molecule has 2 unspecified atom stereocenters. The van der Waals surface area contributed by atoms with Gasteiger partial charge in [0.2, 0.25) is 5.91 Å². The minimum atomic E-state index is -0.960. The van der Waals surface area contributed by atoms with E-state index < -0.39 is 17.9 Å². The molecule has 1 amide bonds. The minimum absolute atomic E-state index is 0.111. The minimum Gasteiger partial charge on any atom is -0.459 e. The average Bonchev–Trinajstić information content (AvgIpc) is 2.49. The third kappa shape index (κ3) is 5.42. The van der Waals surface area contributed by atoms with E-state index in [9.17, 15) is 19.1 Å². The van der Waals surface area contributed by atoms with Gasteiger partial charge in [-0.15, -0.1) is 0 Å². The molecule has 2 atom stereocenters. The first-order valence-electron chi connectivity index (χ1n) is 6.89. The smallest absolute Gasteiger partial charge is 0.341 e. The van der Waals surface area contributed by atoms with Crippen molar-refractivity contribution in [3.05, 3.63) is 35.6 Å². The largest absolute Gasteiger partial charge is 0.459 e. The maximum Gasteiger partial charge on any atom is 0.341 e. The van der Waals surface area contributed by atoms with Crippen LogP contribution in [-0.4, -0.2) is 54.4 Å². The van der Waals surface area contributed by atoms with Crippen molar-refractivity contribution in [3.8, 4) is 0 Å². The number of esters is 1. The summed E-state index contributed by atoms with van der Waals surface area (Å²) < 4.78 is 18.2. The summed E-state index contributed by atoms with van der Waals surface area (Å²) in [7, 11) is 1.63. The maximum atomic E-state index is 13.4. The lowest BCUT2D eigenvalue weighted by Crippen LogP contribution is -2.46. The average molecular weight is 312 g/mol. The lowest BCUT2D eigenvalue weighted by Gasteiger charge is -2.25. The number of aliphatic hydroxyl groups excluding tert-OH is 1. The molecule has 0 aliphatic carbocycles. The van der Waals surface area contributed by atoms with E-state index in [-0.39, 0.29) is 30.8 Å². The van der Waals surface area contributed by atoms with Gasteiger partial charge in [0.05, 0.1) is 11.7 Å². The van der Waals surface area contributed by atoms with Gasteiger partial charge < -0.3 is 14.7 Å². The first kappa shape index (κ1) is 18.1. The van der Waals surface area contributed by atoms with E-state index in [2.05, 4.69) is 5.32 Å². The van der Waals surface area contributed by atoms with Crippen LogP contribution in [0.1, 0.15) is 24.2 Å². The molecule has 0 spiro atoms. The second-order valence-electron chi connectivity index (χ2n) is 4.95. The number of amides is 1. The zero-order valence-corrected chi connectivity index (χ0v) is 12.9. The van der Waals surface area contributed by atoms with Crippen LogP contribution in [0.25, 0.3) is 0 Å². The van der Waals surface area contributed by atoms with E-state index in [0.717, 1.165) is 6.07 Å². The first-order valence-corrected chi connectivity index (χ1v) is 6.89. The van der Waals surface area contributed by atoms with Crippen LogP contribution in [0.5, 0.6) is 0 Å². The highest BCUT2D eigenvalue weighted by Gasteiger charge is 2.16. The summed E-state index contributed by atoms with van der Waals surface area (Å²) in [5, 5.41) is 12.7. The van der Waals surface area contributed by atoms with Crippen LogP contribution in [0, 0.1) is 5.82 Å². The second kappa shape index (κ2) is 8.45. The van der Waals surface area contributed by atoms with Gasteiger partial charge in [-0.3, -0.25) is 10.1 Å². The van der Waals surface area contributed by atoms with Gasteiger partial charge in [0.25, 0.3) is 0 Å². The summed E-state index contributed by atoms with van der Waals surface area (Å²) in [6.45, 7) is 3.06. The fourth-order valence-corrected chi connectivity index (χ4v) is 1.65. The molecule has 0 fully saturated rings. The monoisotopic (exact) mass is 312 g/mol. The molecular formula is C15H21FN2O4. The number of nitrogens with one attached hydrogen (secondary N) is 1. The molecule has 1 rings (SSSR count). The van der Waals surface area contributed by atoms with Crippen molar-refractivity contribution < 1.29 is 23.8 Å². The Hall–Kier alpha value is -1.99. The van der Waals surface area contributed by atoms with Crippen LogP contribution < -0.4 is 5.32 Å². The number of halogens is 1. The van der Waals surface area contributed by atoms with Crippen LogP contribution in [0.4, 0.5) is 4.39 Å². The van der Waals surface area contributed by atoms with Crippen molar-refractivity contribution in [2.24, 2.45) is 0 Å². The molecule has 122 valence electrons. The Balaban J connectivity index is 2.37. The fourth-order valence-electron chi connectivity index (χ4n) is 1.65. The maximum absolute atomic E-state index is 13.4. The summed E-state index contributed by atoms with van der Waals surface area (Å²) in [5.74, 6) is -1.61. The Morgan fingerprint density at radius 2 is 2.05 bits per heavy atom. The van der Waals surface area contributed by atoms with Gasteiger partial charge in [0, 0.05) is 20.5 Å². The Morgan fingerprint density at radius 3 is 2.64 bits per heavy atom. The Bertz CT molecular complexity index is 524. The Kier molecular flexibility index (Phi) is 6.94. The van der Waals surface area contributed by atoms with E-state index >= 15 is 0 Å². The molecule has 0 aliphatic rings. The number of aliphatic hydroxyl groups is 1. The third-order valence-corrected chi connectivity index (χ3v) is 3.23. The van der Waals surface area contributed by atoms with Gasteiger partial charge in [-0.2, -0.15) is 0 Å². The van der Waals surface area contributed by atoms with Gasteiger partial charge in [-0.05, 0) is 19.1 Å². The predicted molar refractivity (Wildman–Crippen MR) is 78.6 cm³/mol. The first-order chi connectivity index (χ1) is 10.3. The molecular weight excluding hydrogens is 291 g/mol. The molecule has 0 radical (unpaired) electrons. The van der Waals surface area contributed by atoms with Gasteiger partial charge in [-0.1, -0.05) is 12.1 Å². The SMILES string of the molecule is CC(=O)N(C)C(C)NCC(O)COC(=O)c1ccccc1F. The number of ether oxygens (including phenoxy) is 1. The number of carbonyl (C=O) groups excluding carboxylic acids is 2.